The van der Waals surface area contributed by atoms with Crippen molar-refractivity contribution in [2.75, 3.05) is 0 Å². The van der Waals surface area contributed by atoms with E-state index >= 15 is 0 Å². The van der Waals surface area contributed by atoms with Crippen LogP contribution >= 0.6 is 0 Å². The zero-order chi connectivity index (χ0) is 34.4. The third kappa shape index (κ3) is 9.06. The molecule has 2 fully saturated rings. The monoisotopic (exact) mass is 648 g/mol. The Balaban J connectivity index is 0.000000188. The van der Waals surface area contributed by atoms with Crippen LogP contribution in [0.2, 0.25) is 0 Å². The highest BCUT2D eigenvalue weighted by atomic mass is 16.8. The van der Waals surface area contributed by atoms with Gasteiger partial charge in [-0.1, -0.05) is 121 Å². The third-order valence-corrected chi connectivity index (χ3v) is 9.88. The van der Waals surface area contributed by atoms with Crippen LogP contribution in [-0.2, 0) is 40.8 Å². The van der Waals surface area contributed by atoms with Crippen molar-refractivity contribution >= 4 is 14.6 Å². The summed E-state index contributed by atoms with van der Waals surface area (Å²) in [6, 6.07) is 41.2. The fourth-order valence-electron chi connectivity index (χ4n) is 5.44. The molecule has 4 aromatic carbocycles. The van der Waals surface area contributed by atoms with Gasteiger partial charge in [0.05, 0.1) is 34.6 Å². The molecule has 0 spiro atoms. The predicted octanol–water partition coefficient (Wildman–Crippen LogP) is 9.15. The van der Waals surface area contributed by atoms with Crippen LogP contribution in [0.15, 0.2) is 121 Å². The van der Waals surface area contributed by atoms with E-state index < -0.39 is 37.0 Å². The van der Waals surface area contributed by atoms with Gasteiger partial charge in [0, 0.05) is 12.8 Å². The smallest absolute Gasteiger partial charge is 0.379 e. The van der Waals surface area contributed by atoms with Gasteiger partial charge in [0.2, 0.25) is 0 Å². The first-order valence-electron chi connectivity index (χ1n) is 16.9. The molecule has 8 heteroatoms. The van der Waals surface area contributed by atoms with Gasteiger partial charge in [0.25, 0.3) is 0 Å². The highest BCUT2D eigenvalue weighted by Crippen LogP contribution is 2.40. The van der Waals surface area contributed by atoms with E-state index in [1.807, 2.05) is 128 Å². The molecule has 0 N–H and O–H groups in total. The first-order valence-corrected chi connectivity index (χ1v) is 16.9. The molecule has 0 amide bonds. The molecule has 4 aromatic rings. The number of hydrogen-bond acceptors (Lipinski definition) is 6. The SMILES string of the molecule is CC1(C)OB(O[C@@H](Cc2ccccc2)c2ccccc2)OC1(C)C.CC1(C)OB(O[C@H](Cc2ccccc2)c2ccccc2)OC1(C)C. The van der Waals surface area contributed by atoms with Crippen LogP contribution in [0.5, 0.6) is 0 Å². The summed E-state index contributed by atoms with van der Waals surface area (Å²) in [5, 5.41) is 0. The maximum Gasteiger partial charge on any atom is 0.640 e. The molecular weight excluding hydrogens is 598 g/mol. The van der Waals surface area contributed by atoms with E-state index in [1.54, 1.807) is 0 Å². The van der Waals surface area contributed by atoms with E-state index in [9.17, 15) is 0 Å². The Bertz CT molecular complexity index is 1400. The Kier molecular flexibility index (Phi) is 11.4. The molecule has 48 heavy (non-hydrogen) atoms. The van der Waals surface area contributed by atoms with Gasteiger partial charge in [-0.2, -0.15) is 0 Å². The molecule has 0 saturated carbocycles. The molecule has 2 aliphatic rings. The van der Waals surface area contributed by atoms with Crippen molar-refractivity contribution in [3.63, 3.8) is 0 Å². The summed E-state index contributed by atoms with van der Waals surface area (Å²) in [6.07, 6.45) is 1.30. The molecular formula is C40H50B2O6. The molecule has 2 heterocycles. The van der Waals surface area contributed by atoms with Gasteiger partial charge >= 0.3 is 14.6 Å². The van der Waals surface area contributed by atoms with Crippen molar-refractivity contribution in [2.24, 2.45) is 0 Å². The average molecular weight is 648 g/mol. The molecule has 252 valence electrons. The lowest BCUT2D eigenvalue weighted by Crippen LogP contribution is -2.41. The summed E-state index contributed by atoms with van der Waals surface area (Å²) in [4.78, 5) is 0. The Morgan fingerprint density at radius 3 is 0.938 bits per heavy atom. The molecule has 2 aliphatic heterocycles. The molecule has 2 atom stereocenters. The second-order valence-electron chi connectivity index (χ2n) is 14.5. The number of rotatable bonds is 10. The highest BCUT2D eigenvalue weighted by Gasteiger charge is 2.54. The van der Waals surface area contributed by atoms with Crippen molar-refractivity contribution in [3.05, 3.63) is 144 Å². The lowest BCUT2D eigenvalue weighted by atomic mass is 9.90. The van der Waals surface area contributed by atoms with Crippen molar-refractivity contribution in [2.45, 2.75) is 103 Å². The van der Waals surface area contributed by atoms with Crippen LogP contribution in [0.4, 0.5) is 0 Å². The average Bonchev–Trinajstić information content (AvgIpc) is 3.40. The molecule has 6 rings (SSSR count). The maximum absolute atomic E-state index is 6.23. The summed E-state index contributed by atoms with van der Waals surface area (Å²) in [7, 11) is -1.33. The standard InChI is InChI=1S/2C20H25BO3/c2*1-19(2)20(3,4)24-21(23-19)22-18(17-13-9-6-10-14-17)15-16-11-7-5-8-12-16/h2*5-14,18H,15H2,1-4H3/t2*18-/m10/s1. The van der Waals surface area contributed by atoms with Gasteiger partial charge in [-0.15, -0.1) is 0 Å². The van der Waals surface area contributed by atoms with Crippen molar-refractivity contribution < 1.29 is 27.9 Å². The van der Waals surface area contributed by atoms with Crippen LogP contribution in [0.1, 0.15) is 89.9 Å². The second kappa shape index (κ2) is 15.1. The van der Waals surface area contributed by atoms with Gasteiger partial charge in [0.1, 0.15) is 0 Å². The zero-order valence-electron chi connectivity index (χ0n) is 29.7. The summed E-state index contributed by atoms with van der Waals surface area (Å²) >= 11 is 0. The molecule has 0 aromatic heterocycles. The largest absolute Gasteiger partial charge is 0.640 e. The first kappa shape index (κ1) is 36.1. The lowest BCUT2D eigenvalue weighted by Gasteiger charge is -2.31. The molecule has 0 radical (unpaired) electrons. The minimum absolute atomic E-state index is 0.122. The lowest BCUT2D eigenvalue weighted by molar-refractivity contribution is 0.00578. The van der Waals surface area contributed by atoms with E-state index in [-0.39, 0.29) is 12.2 Å². The maximum atomic E-state index is 6.23. The minimum Gasteiger partial charge on any atom is -0.379 e. The first-order chi connectivity index (χ1) is 22.7. The predicted molar refractivity (Wildman–Crippen MR) is 193 cm³/mol. The molecule has 6 nitrogen and oxygen atoms in total. The third-order valence-electron chi connectivity index (χ3n) is 9.88. The van der Waals surface area contributed by atoms with Gasteiger partial charge in [-0.05, 0) is 77.6 Å². The van der Waals surface area contributed by atoms with Gasteiger partial charge < -0.3 is 27.9 Å². The van der Waals surface area contributed by atoms with E-state index in [0.717, 1.165) is 24.0 Å². The Morgan fingerprint density at radius 2 is 0.667 bits per heavy atom. The summed E-state index contributed by atoms with van der Waals surface area (Å²) in [5.41, 5.74) is 3.10. The van der Waals surface area contributed by atoms with Gasteiger partial charge in [0.15, 0.2) is 0 Å². The van der Waals surface area contributed by atoms with Crippen LogP contribution in [0.25, 0.3) is 0 Å². The van der Waals surface area contributed by atoms with Crippen LogP contribution in [0.3, 0.4) is 0 Å². The molecule has 0 bridgehead atoms. The van der Waals surface area contributed by atoms with Crippen molar-refractivity contribution in [1.82, 2.24) is 0 Å². The quantitative estimate of drug-likeness (QED) is 0.160. The summed E-state index contributed by atoms with van der Waals surface area (Å²) in [5.74, 6) is 0. The zero-order valence-corrected chi connectivity index (χ0v) is 29.7. The van der Waals surface area contributed by atoms with Crippen LogP contribution in [0, 0.1) is 0 Å². The normalized spacial score (nSPS) is 20.1. The van der Waals surface area contributed by atoms with E-state index in [4.69, 9.17) is 27.9 Å². The van der Waals surface area contributed by atoms with Gasteiger partial charge in [-0.3, -0.25) is 0 Å². The number of hydrogen-bond donors (Lipinski definition) is 0. The minimum atomic E-state index is -0.663. The van der Waals surface area contributed by atoms with E-state index in [2.05, 4.69) is 48.5 Å². The highest BCUT2D eigenvalue weighted by molar-refractivity contribution is 6.38. The van der Waals surface area contributed by atoms with Gasteiger partial charge in [-0.25, -0.2) is 0 Å². The van der Waals surface area contributed by atoms with E-state index in [0.29, 0.717) is 0 Å². The Morgan fingerprint density at radius 1 is 0.417 bits per heavy atom. The Hall–Kier alpha value is -3.23. The van der Waals surface area contributed by atoms with Crippen molar-refractivity contribution in [1.29, 1.82) is 0 Å². The fraction of sp³-hybridized carbons (Fsp3) is 0.400. The Labute approximate surface area is 288 Å². The second-order valence-corrected chi connectivity index (χ2v) is 14.5. The fourth-order valence-corrected chi connectivity index (χ4v) is 5.44. The topological polar surface area (TPSA) is 55.4 Å². The molecule has 2 saturated heterocycles. The van der Waals surface area contributed by atoms with Crippen molar-refractivity contribution in [3.8, 4) is 0 Å². The molecule has 0 aliphatic carbocycles. The summed E-state index contributed by atoms with van der Waals surface area (Å²) < 4.78 is 36.5. The number of benzene rings is 4. The molecule has 0 unspecified atom stereocenters. The summed E-state index contributed by atoms with van der Waals surface area (Å²) in [6.45, 7) is 16.3. The van der Waals surface area contributed by atoms with E-state index in [1.165, 1.54) is 11.1 Å². The van der Waals surface area contributed by atoms with Crippen LogP contribution in [-0.4, -0.2) is 37.0 Å². The van der Waals surface area contributed by atoms with Crippen LogP contribution < -0.4 is 0 Å².